The summed E-state index contributed by atoms with van der Waals surface area (Å²) >= 11 is 0. The number of aliphatic hydroxyl groups excluding tert-OH is 1. The van der Waals surface area contributed by atoms with Gasteiger partial charge in [-0.1, -0.05) is 24.3 Å². The summed E-state index contributed by atoms with van der Waals surface area (Å²) in [4.78, 5) is 9.19. The molecule has 4 rings (SSSR count). The Labute approximate surface area is 140 Å². The standard InChI is InChI=1S/C17H18N4O.ClH/c22-16-11-18-8-7-15(16)21-10-9-19-17(21)14-6-5-12-3-1-2-4-13(12)20-14;/h1-6,9-10,15-16,18,22H,7-8,11H2;1H/t15-,16-;/m0./s1. The molecule has 23 heavy (non-hydrogen) atoms. The van der Waals surface area contributed by atoms with Crippen molar-refractivity contribution in [1.82, 2.24) is 19.9 Å². The van der Waals surface area contributed by atoms with Crippen molar-refractivity contribution >= 4 is 23.3 Å². The van der Waals surface area contributed by atoms with Crippen LogP contribution in [0.2, 0.25) is 0 Å². The van der Waals surface area contributed by atoms with E-state index >= 15 is 0 Å². The van der Waals surface area contributed by atoms with Gasteiger partial charge >= 0.3 is 0 Å². The number of hydrogen-bond acceptors (Lipinski definition) is 4. The number of β-amino-alcohol motifs (C(OH)–C–C–N with tert-alkyl or cyclic N) is 1. The van der Waals surface area contributed by atoms with Crippen LogP contribution in [0, 0.1) is 0 Å². The second-order valence-corrected chi connectivity index (χ2v) is 5.67. The maximum Gasteiger partial charge on any atom is 0.159 e. The fraction of sp³-hybridized carbons (Fsp3) is 0.294. The Kier molecular flexibility index (Phi) is 4.61. The van der Waals surface area contributed by atoms with E-state index in [0.29, 0.717) is 6.54 Å². The van der Waals surface area contributed by atoms with Crippen molar-refractivity contribution < 1.29 is 5.11 Å². The number of pyridine rings is 1. The third kappa shape index (κ3) is 2.95. The molecule has 1 aliphatic rings. The van der Waals surface area contributed by atoms with Crippen LogP contribution in [0.1, 0.15) is 12.5 Å². The minimum Gasteiger partial charge on any atom is -0.390 e. The van der Waals surface area contributed by atoms with Crippen molar-refractivity contribution in [2.45, 2.75) is 18.6 Å². The first-order chi connectivity index (χ1) is 10.8. The lowest BCUT2D eigenvalue weighted by molar-refractivity contribution is 0.0880. The summed E-state index contributed by atoms with van der Waals surface area (Å²) in [6.45, 7) is 1.53. The first kappa shape index (κ1) is 15.9. The molecule has 0 bridgehead atoms. The van der Waals surface area contributed by atoms with Gasteiger partial charge in [-0.15, -0.1) is 12.4 Å². The Bertz CT molecular complexity index is 804. The highest BCUT2D eigenvalue weighted by Gasteiger charge is 2.26. The van der Waals surface area contributed by atoms with Crippen molar-refractivity contribution in [2.75, 3.05) is 13.1 Å². The second kappa shape index (κ2) is 6.66. The van der Waals surface area contributed by atoms with E-state index in [4.69, 9.17) is 4.98 Å². The van der Waals surface area contributed by atoms with Gasteiger partial charge in [0.05, 0.1) is 17.7 Å². The lowest BCUT2D eigenvalue weighted by Gasteiger charge is -2.30. The van der Waals surface area contributed by atoms with Gasteiger partial charge < -0.3 is 15.0 Å². The maximum atomic E-state index is 10.3. The average Bonchev–Trinajstić information content (AvgIpc) is 3.04. The molecule has 3 aromatic rings. The lowest BCUT2D eigenvalue weighted by Crippen LogP contribution is -2.41. The number of fused-ring (bicyclic) bond motifs is 1. The number of rotatable bonds is 2. The highest BCUT2D eigenvalue weighted by Crippen LogP contribution is 2.26. The smallest absolute Gasteiger partial charge is 0.159 e. The molecule has 120 valence electrons. The van der Waals surface area contributed by atoms with Crippen LogP contribution in [-0.4, -0.2) is 38.8 Å². The first-order valence-corrected chi connectivity index (χ1v) is 7.61. The number of nitrogens with one attached hydrogen (secondary N) is 1. The third-order valence-corrected chi connectivity index (χ3v) is 4.27. The zero-order valence-electron chi connectivity index (χ0n) is 12.6. The molecule has 1 aromatic carbocycles. The lowest BCUT2D eigenvalue weighted by atomic mass is 10.0. The molecule has 0 saturated carbocycles. The molecule has 0 aliphatic carbocycles. The highest BCUT2D eigenvalue weighted by molar-refractivity contribution is 5.85. The van der Waals surface area contributed by atoms with Crippen molar-refractivity contribution in [1.29, 1.82) is 0 Å². The Morgan fingerprint density at radius 3 is 2.91 bits per heavy atom. The summed E-state index contributed by atoms with van der Waals surface area (Å²) in [5.41, 5.74) is 1.80. The molecule has 0 spiro atoms. The molecule has 0 amide bonds. The molecule has 1 aliphatic heterocycles. The van der Waals surface area contributed by atoms with Crippen LogP contribution in [0.5, 0.6) is 0 Å². The van der Waals surface area contributed by atoms with Gasteiger partial charge in [-0.2, -0.15) is 0 Å². The van der Waals surface area contributed by atoms with E-state index in [0.717, 1.165) is 35.4 Å². The Morgan fingerprint density at radius 2 is 2.04 bits per heavy atom. The molecule has 6 heteroatoms. The summed E-state index contributed by atoms with van der Waals surface area (Å²) in [5, 5.41) is 14.6. The number of para-hydroxylation sites is 1. The van der Waals surface area contributed by atoms with Gasteiger partial charge in [-0.3, -0.25) is 0 Å². The average molecular weight is 331 g/mol. The van der Waals surface area contributed by atoms with E-state index in [1.807, 2.05) is 30.5 Å². The van der Waals surface area contributed by atoms with Gasteiger partial charge in [0.25, 0.3) is 0 Å². The summed E-state index contributed by atoms with van der Waals surface area (Å²) in [6, 6.07) is 12.2. The molecule has 2 aromatic heterocycles. The molecule has 3 heterocycles. The molecule has 1 saturated heterocycles. The van der Waals surface area contributed by atoms with Gasteiger partial charge in [0.2, 0.25) is 0 Å². The predicted octanol–water partition coefficient (Wildman–Crippen LogP) is 2.42. The van der Waals surface area contributed by atoms with Gasteiger partial charge in [0, 0.05) is 24.3 Å². The summed E-state index contributed by atoms with van der Waals surface area (Å²) in [6.07, 6.45) is 4.20. The summed E-state index contributed by atoms with van der Waals surface area (Å²) in [5.74, 6) is 0.816. The number of aliphatic hydroxyl groups is 1. The molecule has 0 radical (unpaired) electrons. The normalized spacial score (nSPS) is 21.1. The first-order valence-electron chi connectivity index (χ1n) is 7.61. The minimum absolute atomic E-state index is 0. The van der Waals surface area contributed by atoms with Crippen LogP contribution in [0.4, 0.5) is 0 Å². The molecule has 0 unspecified atom stereocenters. The Morgan fingerprint density at radius 1 is 1.17 bits per heavy atom. The quantitative estimate of drug-likeness (QED) is 0.757. The van der Waals surface area contributed by atoms with E-state index in [1.54, 1.807) is 6.20 Å². The summed E-state index contributed by atoms with van der Waals surface area (Å²) in [7, 11) is 0. The number of hydrogen-bond donors (Lipinski definition) is 2. The van der Waals surface area contributed by atoms with Crippen LogP contribution in [0.25, 0.3) is 22.4 Å². The zero-order chi connectivity index (χ0) is 14.9. The van der Waals surface area contributed by atoms with Crippen molar-refractivity contribution in [3.05, 3.63) is 48.8 Å². The third-order valence-electron chi connectivity index (χ3n) is 4.27. The topological polar surface area (TPSA) is 63.0 Å². The molecule has 5 nitrogen and oxygen atoms in total. The van der Waals surface area contributed by atoms with Gasteiger partial charge in [0.15, 0.2) is 5.82 Å². The Balaban J connectivity index is 0.00000156. The van der Waals surface area contributed by atoms with Gasteiger partial charge in [0.1, 0.15) is 5.69 Å². The van der Waals surface area contributed by atoms with E-state index in [9.17, 15) is 5.11 Å². The van der Waals surface area contributed by atoms with Gasteiger partial charge in [-0.25, -0.2) is 9.97 Å². The molecular formula is C17H19ClN4O. The van der Waals surface area contributed by atoms with Crippen LogP contribution in [0.15, 0.2) is 48.8 Å². The SMILES string of the molecule is Cl.O[C@H]1CNCC[C@@H]1n1ccnc1-c1ccc2ccccc2n1. The highest BCUT2D eigenvalue weighted by atomic mass is 35.5. The van der Waals surface area contributed by atoms with E-state index in [2.05, 4.69) is 27.0 Å². The number of halogens is 1. The number of nitrogens with zero attached hydrogens (tertiary/aromatic N) is 3. The molecule has 2 N–H and O–H groups in total. The van der Waals surface area contributed by atoms with Crippen molar-refractivity contribution in [3.8, 4) is 11.5 Å². The largest absolute Gasteiger partial charge is 0.390 e. The van der Waals surface area contributed by atoms with Crippen molar-refractivity contribution in [3.63, 3.8) is 0 Å². The van der Waals surface area contributed by atoms with Crippen molar-refractivity contribution in [2.24, 2.45) is 0 Å². The van der Waals surface area contributed by atoms with Crippen LogP contribution in [0.3, 0.4) is 0 Å². The number of aromatic nitrogens is 3. The summed E-state index contributed by atoms with van der Waals surface area (Å²) < 4.78 is 2.06. The van der Waals surface area contributed by atoms with E-state index in [-0.39, 0.29) is 18.4 Å². The Hall–Kier alpha value is -1.95. The molecular weight excluding hydrogens is 312 g/mol. The van der Waals surface area contributed by atoms with Gasteiger partial charge in [-0.05, 0) is 25.1 Å². The fourth-order valence-electron chi connectivity index (χ4n) is 3.12. The van der Waals surface area contributed by atoms with Crippen LogP contribution in [-0.2, 0) is 0 Å². The van der Waals surface area contributed by atoms with Crippen LogP contribution >= 0.6 is 12.4 Å². The maximum absolute atomic E-state index is 10.3. The zero-order valence-corrected chi connectivity index (χ0v) is 13.4. The predicted molar refractivity (Wildman–Crippen MR) is 92.7 cm³/mol. The number of benzene rings is 1. The molecule has 2 atom stereocenters. The number of imidazole rings is 1. The number of piperidine rings is 1. The second-order valence-electron chi connectivity index (χ2n) is 5.67. The van der Waals surface area contributed by atoms with E-state index in [1.165, 1.54) is 0 Å². The monoisotopic (exact) mass is 330 g/mol. The molecule has 1 fully saturated rings. The fourth-order valence-corrected chi connectivity index (χ4v) is 3.12. The van der Waals surface area contributed by atoms with Crippen LogP contribution < -0.4 is 5.32 Å². The minimum atomic E-state index is -0.401. The van der Waals surface area contributed by atoms with E-state index < -0.39 is 6.10 Å².